The smallest absolute Gasteiger partial charge is 0.00767 e. The number of likely N-dealkylation sites (N-methyl/N-ethyl adjacent to an activating group) is 1. The van der Waals surface area contributed by atoms with Crippen molar-refractivity contribution in [1.82, 2.24) is 10.6 Å². The third kappa shape index (κ3) is 1.89. The Balaban J connectivity index is 2.19. The van der Waals surface area contributed by atoms with Crippen molar-refractivity contribution in [3.63, 3.8) is 0 Å². The summed E-state index contributed by atoms with van der Waals surface area (Å²) < 4.78 is 0. The van der Waals surface area contributed by atoms with Crippen LogP contribution in [0.5, 0.6) is 0 Å². The Morgan fingerprint density at radius 2 is 1.54 bits per heavy atom. The highest BCUT2D eigenvalue weighted by molar-refractivity contribution is 5.12. The summed E-state index contributed by atoms with van der Waals surface area (Å²) in [6.45, 7) is 12.8. The van der Waals surface area contributed by atoms with Gasteiger partial charge in [-0.25, -0.2) is 0 Å². The molecule has 2 nitrogen and oxygen atoms in total. The van der Waals surface area contributed by atoms with Gasteiger partial charge in [-0.1, -0.05) is 27.7 Å². The van der Waals surface area contributed by atoms with Crippen LogP contribution in [0.15, 0.2) is 0 Å². The van der Waals surface area contributed by atoms with E-state index in [1.54, 1.807) is 0 Å². The minimum absolute atomic E-state index is 0.527. The summed E-state index contributed by atoms with van der Waals surface area (Å²) in [5.41, 5.74) is 1.05. The fraction of sp³-hybridized carbons (Fsp3) is 1.00. The number of rotatable bonds is 5. The zero-order valence-corrected chi connectivity index (χ0v) is 9.70. The molecule has 13 heavy (non-hydrogen) atoms. The Morgan fingerprint density at radius 1 is 1.00 bits per heavy atom. The average molecular weight is 184 g/mol. The molecule has 0 saturated heterocycles. The zero-order chi connectivity index (χ0) is 10.1. The SMILES string of the molecule is CNCCNCC1C(C)(C)C1(C)C. The van der Waals surface area contributed by atoms with Gasteiger partial charge in [0.1, 0.15) is 0 Å². The Hall–Kier alpha value is -0.0800. The van der Waals surface area contributed by atoms with Crippen molar-refractivity contribution in [2.45, 2.75) is 27.7 Å². The van der Waals surface area contributed by atoms with Gasteiger partial charge in [-0.05, 0) is 30.3 Å². The van der Waals surface area contributed by atoms with Gasteiger partial charge < -0.3 is 10.6 Å². The maximum Gasteiger partial charge on any atom is 0.00767 e. The molecule has 0 radical (unpaired) electrons. The highest BCUT2D eigenvalue weighted by Crippen LogP contribution is 2.67. The lowest BCUT2D eigenvalue weighted by atomic mass is 10.0. The first-order valence-corrected chi connectivity index (χ1v) is 5.30. The molecule has 78 valence electrons. The standard InChI is InChI=1S/C11H24N2/c1-10(2)9(11(10,3)4)8-13-7-6-12-5/h9,12-13H,6-8H2,1-5H3. The Labute approximate surface area is 82.5 Å². The summed E-state index contributed by atoms with van der Waals surface area (Å²) in [4.78, 5) is 0. The quantitative estimate of drug-likeness (QED) is 0.632. The minimum Gasteiger partial charge on any atom is -0.318 e. The molecule has 1 aliphatic rings. The van der Waals surface area contributed by atoms with Gasteiger partial charge in [0.25, 0.3) is 0 Å². The summed E-state index contributed by atoms with van der Waals surface area (Å²) in [5.74, 6) is 0.844. The van der Waals surface area contributed by atoms with Crippen molar-refractivity contribution in [2.24, 2.45) is 16.7 Å². The van der Waals surface area contributed by atoms with Crippen molar-refractivity contribution in [3.05, 3.63) is 0 Å². The molecule has 0 aliphatic heterocycles. The van der Waals surface area contributed by atoms with E-state index < -0.39 is 0 Å². The molecule has 0 aromatic rings. The van der Waals surface area contributed by atoms with E-state index in [9.17, 15) is 0 Å². The predicted molar refractivity (Wildman–Crippen MR) is 57.8 cm³/mol. The average Bonchev–Trinajstić information content (AvgIpc) is 2.39. The molecule has 1 saturated carbocycles. The summed E-state index contributed by atoms with van der Waals surface area (Å²) in [6.07, 6.45) is 0. The number of hydrogen-bond donors (Lipinski definition) is 2. The normalized spacial score (nSPS) is 24.7. The van der Waals surface area contributed by atoms with Crippen LogP contribution in [0.2, 0.25) is 0 Å². The van der Waals surface area contributed by atoms with Crippen LogP contribution in [0.3, 0.4) is 0 Å². The highest BCUT2D eigenvalue weighted by atomic mass is 14.9. The molecule has 0 bridgehead atoms. The Kier molecular flexibility index (Phi) is 3.03. The maximum absolute atomic E-state index is 3.50. The third-order valence-electron chi connectivity index (χ3n) is 4.22. The van der Waals surface area contributed by atoms with Crippen molar-refractivity contribution in [1.29, 1.82) is 0 Å². The lowest BCUT2D eigenvalue weighted by Gasteiger charge is -2.04. The van der Waals surface area contributed by atoms with E-state index in [-0.39, 0.29) is 0 Å². The van der Waals surface area contributed by atoms with E-state index in [0.717, 1.165) is 19.0 Å². The summed E-state index contributed by atoms with van der Waals surface area (Å²) >= 11 is 0. The van der Waals surface area contributed by atoms with Crippen molar-refractivity contribution >= 4 is 0 Å². The lowest BCUT2D eigenvalue weighted by Crippen LogP contribution is -2.27. The largest absolute Gasteiger partial charge is 0.318 e. The Morgan fingerprint density at radius 3 is 1.92 bits per heavy atom. The van der Waals surface area contributed by atoms with Crippen molar-refractivity contribution in [2.75, 3.05) is 26.7 Å². The molecule has 2 N–H and O–H groups in total. The summed E-state index contributed by atoms with van der Waals surface area (Å²) in [7, 11) is 1.99. The third-order valence-corrected chi connectivity index (χ3v) is 4.22. The maximum atomic E-state index is 3.50. The second-order valence-corrected chi connectivity index (χ2v) is 5.30. The minimum atomic E-state index is 0.527. The van der Waals surface area contributed by atoms with E-state index in [2.05, 4.69) is 38.3 Å². The fourth-order valence-electron chi connectivity index (χ4n) is 2.30. The van der Waals surface area contributed by atoms with Crippen LogP contribution in [-0.4, -0.2) is 26.7 Å². The van der Waals surface area contributed by atoms with E-state index >= 15 is 0 Å². The van der Waals surface area contributed by atoms with Crippen molar-refractivity contribution in [3.8, 4) is 0 Å². The van der Waals surface area contributed by atoms with Gasteiger partial charge in [-0.3, -0.25) is 0 Å². The topological polar surface area (TPSA) is 24.1 Å². The molecule has 2 heteroatoms. The molecule has 0 unspecified atom stereocenters. The molecule has 0 aromatic carbocycles. The second kappa shape index (κ2) is 3.58. The molecule has 1 fully saturated rings. The molecule has 1 rings (SSSR count). The van der Waals surface area contributed by atoms with E-state index in [1.165, 1.54) is 6.54 Å². The molecule has 1 aliphatic carbocycles. The first kappa shape index (κ1) is 11.0. The summed E-state index contributed by atoms with van der Waals surface area (Å²) in [5, 5.41) is 6.64. The van der Waals surface area contributed by atoms with E-state index in [4.69, 9.17) is 0 Å². The van der Waals surface area contributed by atoms with E-state index in [0.29, 0.717) is 10.8 Å². The predicted octanol–water partition coefficient (Wildman–Crippen LogP) is 1.48. The first-order chi connectivity index (χ1) is 5.94. The van der Waals surface area contributed by atoms with Gasteiger partial charge in [0.2, 0.25) is 0 Å². The number of nitrogens with one attached hydrogen (secondary N) is 2. The molecule has 0 spiro atoms. The van der Waals surface area contributed by atoms with Crippen LogP contribution in [0.4, 0.5) is 0 Å². The van der Waals surface area contributed by atoms with Crippen LogP contribution >= 0.6 is 0 Å². The van der Waals surface area contributed by atoms with Gasteiger partial charge in [-0.15, -0.1) is 0 Å². The highest BCUT2D eigenvalue weighted by Gasteiger charge is 2.63. The van der Waals surface area contributed by atoms with Crippen LogP contribution in [0, 0.1) is 16.7 Å². The zero-order valence-electron chi connectivity index (χ0n) is 9.70. The van der Waals surface area contributed by atoms with Crippen LogP contribution in [-0.2, 0) is 0 Å². The molecular weight excluding hydrogens is 160 g/mol. The van der Waals surface area contributed by atoms with Gasteiger partial charge in [0.15, 0.2) is 0 Å². The lowest BCUT2D eigenvalue weighted by molar-refractivity contribution is 0.457. The molecule has 0 atom stereocenters. The van der Waals surface area contributed by atoms with Gasteiger partial charge in [0, 0.05) is 13.1 Å². The fourth-order valence-corrected chi connectivity index (χ4v) is 2.30. The monoisotopic (exact) mass is 184 g/mol. The van der Waals surface area contributed by atoms with Crippen LogP contribution < -0.4 is 10.6 Å². The van der Waals surface area contributed by atoms with Crippen LogP contribution in [0.1, 0.15) is 27.7 Å². The van der Waals surface area contributed by atoms with Crippen LogP contribution in [0.25, 0.3) is 0 Å². The van der Waals surface area contributed by atoms with Crippen molar-refractivity contribution < 1.29 is 0 Å². The van der Waals surface area contributed by atoms with Gasteiger partial charge in [-0.2, -0.15) is 0 Å². The molecule has 0 amide bonds. The molecule has 0 aromatic heterocycles. The van der Waals surface area contributed by atoms with Gasteiger partial charge in [0.05, 0.1) is 0 Å². The molecule has 0 heterocycles. The number of hydrogen-bond acceptors (Lipinski definition) is 2. The van der Waals surface area contributed by atoms with E-state index in [1.807, 2.05) is 7.05 Å². The first-order valence-electron chi connectivity index (χ1n) is 5.30. The van der Waals surface area contributed by atoms with Gasteiger partial charge >= 0.3 is 0 Å². The molecular formula is C11H24N2. The summed E-state index contributed by atoms with van der Waals surface area (Å²) in [6, 6.07) is 0. The Bertz CT molecular complexity index is 159. The second-order valence-electron chi connectivity index (χ2n) is 5.30.